The highest BCUT2D eigenvalue weighted by atomic mass is 16.2. The fourth-order valence-electron chi connectivity index (χ4n) is 3.48. The number of unbranched alkanes of at least 4 members (excludes halogenated alkanes) is 8. The van der Waals surface area contributed by atoms with Gasteiger partial charge in [-0.15, -0.1) is 0 Å². The van der Waals surface area contributed by atoms with Crippen LogP contribution in [0, 0.1) is 0 Å². The van der Waals surface area contributed by atoms with Crippen molar-refractivity contribution in [3.05, 3.63) is 0 Å². The van der Waals surface area contributed by atoms with Crippen molar-refractivity contribution < 1.29 is 4.79 Å². The Bertz CT molecular complexity index is 250. The fraction of sp³-hybridized carbons (Fsp3) is 0.947. The Kier molecular flexibility index (Phi) is 10.6. The van der Waals surface area contributed by atoms with Crippen LogP contribution in [0.3, 0.4) is 0 Å². The maximum absolute atomic E-state index is 12.0. The molecule has 1 heterocycles. The molecule has 1 amide bonds. The monoisotopic (exact) mass is 295 g/mol. The zero-order valence-electron chi connectivity index (χ0n) is 14.5. The molecule has 124 valence electrons. The number of amides is 1. The van der Waals surface area contributed by atoms with Gasteiger partial charge in [0.1, 0.15) is 0 Å². The average Bonchev–Trinajstić information content (AvgIpc) is 2.91. The van der Waals surface area contributed by atoms with E-state index in [0.717, 1.165) is 19.4 Å². The van der Waals surface area contributed by atoms with Crippen LogP contribution in [0.25, 0.3) is 0 Å². The second kappa shape index (κ2) is 12.1. The normalized spacial score (nSPS) is 15.4. The van der Waals surface area contributed by atoms with Crippen LogP contribution in [0.4, 0.5) is 0 Å². The van der Waals surface area contributed by atoms with Crippen LogP contribution in [0.2, 0.25) is 0 Å². The molecule has 0 aliphatic carbocycles. The maximum atomic E-state index is 12.0. The second-order valence-electron chi connectivity index (χ2n) is 6.75. The number of hydrogen-bond donors (Lipinski definition) is 0. The van der Waals surface area contributed by atoms with Gasteiger partial charge in [-0.25, -0.2) is 0 Å². The third kappa shape index (κ3) is 7.87. The fourth-order valence-corrected chi connectivity index (χ4v) is 3.48. The molecule has 1 aliphatic rings. The van der Waals surface area contributed by atoms with Gasteiger partial charge >= 0.3 is 0 Å². The van der Waals surface area contributed by atoms with Gasteiger partial charge in [0.15, 0.2) is 0 Å². The molecule has 0 spiro atoms. The Hall–Kier alpha value is -0.530. The molecule has 0 aromatic heterocycles. The van der Waals surface area contributed by atoms with Gasteiger partial charge in [0.2, 0.25) is 5.91 Å². The molecule has 0 unspecified atom stereocenters. The summed E-state index contributed by atoms with van der Waals surface area (Å²) in [5.41, 5.74) is 0. The predicted octanol–water partition coefficient (Wildman–Crippen LogP) is 5.70. The molecule has 0 N–H and O–H groups in total. The number of nitrogens with zero attached hydrogens (tertiary/aromatic N) is 1. The van der Waals surface area contributed by atoms with E-state index >= 15 is 0 Å². The van der Waals surface area contributed by atoms with Crippen LogP contribution in [0.1, 0.15) is 104 Å². The summed E-state index contributed by atoms with van der Waals surface area (Å²) < 4.78 is 0. The maximum Gasteiger partial charge on any atom is 0.222 e. The third-order valence-corrected chi connectivity index (χ3v) is 4.83. The summed E-state index contributed by atoms with van der Waals surface area (Å²) >= 11 is 0. The van der Waals surface area contributed by atoms with Gasteiger partial charge in [0, 0.05) is 19.0 Å². The molecule has 2 heteroatoms. The zero-order chi connectivity index (χ0) is 15.3. The number of likely N-dealkylation sites (tertiary alicyclic amines) is 1. The van der Waals surface area contributed by atoms with E-state index in [0.29, 0.717) is 11.9 Å². The molecule has 0 atom stereocenters. The Morgan fingerprint density at radius 3 is 1.81 bits per heavy atom. The summed E-state index contributed by atoms with van der Waals surface area (Å²) in [5.74, 6) is 0.419. The van der Waals surface area contributed by atoms with Gasteiger partial charge in [-0.3, -0.25) is 4.79 Å². The number of hydrogen-bond acceptors (Lipinski definition) is 1. The molecule has 1 aliphatic heterocycles. The highest BCUT2D eigenvalue weighted by Gasteiger charge is 2.26. The van der Waals surface area contributed by atoms with Crippen molar-refractivity contribution in [1.82, 2.24) is 4.90 Å². The molecule has 0 aromatic rings. The van der Waals surface area contributed by atoms with Crippen molar-refractivity contribution in [1.29, 1.82) is 0 Å². The van der Waals surface area contributed by atoms with E-state index in [-0.39, 0.29) is 0 Å². The Morgan fingerprint density at radius 2 is 1.38 bits per heavy atom. The summed E-state index contributed by atoms with van der Waals surface area (Å²) in [6.07, 6.45) is 17.8. The van der Waals surface area contributed by atoms with E-state index in [1.165, 1.54) is 77.0 Å². The van der Waals surface area contributed by atoms with Crippen molar-refractivity contribution in [2.45, 2.75) is 110 Å². The summed E-state index contributed by atoms with van der Waals surface area (Å²) in [5, 5.41) is 0. The van der Waals surface area contributed by atoms with E-state index in [4.69, 9.17) is 0 Å². The molecule has 1 saturated heterocycles. The minimum Gasteiger partial charge on any atom is -0.340 e. The van der Waals surface area contributed by atoms with Crippen molar-refractivity contribution >= 4 is 5.91 Å². The van der Waals surface area contributed by atoms with Crippen LogP contribution in [-0.4, -0.2) is 23.4 Å². The Labute approximate surface area is 132 Å². The van der Waals surface area contributed by atoms with Gasteiger partial charge < -0.3 is 4.90 Å². The van der Waals surface area contributed by atoms with Gasteiger partial charge in [0.05, 0.1) is 0 Å². The lowest BCUT2D eigenvalue weighted by atomic mass is 9.99. The van der Waals surface area contributed by atoms with E-state index in [1.807, 2.05) is 0 Å². The summed E-state index contributed by atoms with van der Waals surface area (Å²) in [4.78, 5) is 14.2. The van der Waals surface area contributed by atoms with E-state index < -0.39 is 0 Å². The topological polar surface area (TPSA) is 20.3 Å². The predicted molar refractivity (Wildman–Crippen MR) is 91.5 cm³/mol. The van der Waals surface area contributed by atoms with Gasteiger partial charge in [-0.2, -0.15) is 0 Å². The van der Waals surface area contributed by atoms with Crippen LogP contribution in [-0.2, 0) is 4.79 Å². The summed E-state index contributed by atoms with van der Waals surface area (Å²) in [6.45, 7) is 5.55. The molecular formula is C19H37NO. The van der Waals surface area contributed by atoms with Gasteiger partial charge in [-0.05, 0) is 19.3 Å². The zero-order valence-corrected chi connectivity index (χ0v) is 14.5. The largest absolute Gasteiger partial charge is 0.340 e. The number of carbonyl (C=O) groups excluding carboxylic acids is 1. The molecule has 2 nitrogen and oxygen atoms in total. The van der Waals surface area contributed by atoms with E-state index in [9.17, 15) is 4.79 Å². The highest BCUT2D eigenvalue weighted by Crippen LogP contribution is 2.23. The van der Waals surface area contributed by atoms with E-state index in [1.54, 1.807) is 0 Å². The molecule has 0 aromatic carbocycles. The molecule has 0 radical (unpaired) electrons. The van der Waals surface area contributed by atoms with Crippen molar-refractivity contribution in [3.63, 3.8) is 0 Å². The summed E-state index contributed by atoms with van der Waals surface area (Å²) in [7, 11) is 0. The SMILES string of the molecule is CCCCCCCC(CCCCCCC)N1CCCC1=O. The smallest absolute Gasteiger partial charge is 0.222 e. The number of rotatable bonds is 13. The first-order valence-electron chi connectivity index (χ1n) is 9.59. The lowest BCUT2D eigenvalue weighted by Gasteiger charge is -2.28. The standard InChI is InChI=1S/C19H37NO/c1-3-5-7-9-11-14-18(15-12-10-8-6-4-2)20-17-13-16-19(20)21/h18H,3-17H2,1-2H3. The minimum absolute atomic E-state index is 0.419. The first-order chi connectivity index (χ1) is 10.3. The lowest BCUT2D eigenvalue weighted by molar-refractivity contribution is -0.130. The lowest BCUT2D eigenvalue weighted by Crippen LogP contribution is -2.36. The first kappa shape index (κ1) is 18.5. The van der Waals surface area contributed by atoms with E-state index in [2.05, 4.69) is 18.7 Å². The quantitative estimate of drug-likeness (QED) is 0.399. The molecule has 0 saturated carbocycles. The van der Waals surface area contributed by atoms with Crippen molar-refractivity contribution in [3.8, 4) is 0 Å². The molecule has 0 bridgehead atoms. The van der Waals surface area contributed by atoms with Crippen molar-refractivity contribution in [2.75, 3.05) is 6.54 Å². The number of carbonyl (C=O) groups is 1. The van der Waals surface area contributed by atoms with Crippen molar-refractivity contribution in [2.24, 2.45) is 0 Å². The minimum atomic E-state index is 0.419. The molecule has 1 rings (SSSR count). The molecule has 21 heavy (non-hydrogen) atoms. The van der Waals surface area contributed by atoms with Crippen LogP contribution < -0.4 is 0 Å². The van der Waals surface area contributed by atoms with Gasteiger partial charge in [0.25, 0.3) is 0 Å². The third-order valence-electron chi connectivity index (χ3n) is 4.83. The Morgan fingerprint density at radius 1 is 0.857 bits per heavy atom. The Balaban J connectivity index is 2.26. The summed E-state index contributed by atoms with van der Waals surface area (Å²) in [6, 6.07) is 0.545. The highest BCUT2D eigenvalue weighted by molar-refractivity contribution is 5.78. The van der Waals surface area contributed by atoms with Crippen LogP contribution >= 0.6 is 0 Å². The van der Waals surface area contributed by atoms with Crippen LogP contribution in [0.15, 0.2) is 0 Å². The van der Waals surface area contributed by atoms with Gasteiger partial charge in [-0.1, -0.05) is 78.1 Å². The molecular weight excluding hydrogens is 258 g/mol. The molecule has 1 fully saturated rings. The first-order valence-corrected chi connectivity index (χ1v) is 9.59. The second-order valence-corrected chi connectivity index (χ2v) is 6.75. The average molecular weight is 296 g/mol. The van der Waals surface area contributed by atoms with Crippen LogP contribution in [0.5, 0.6) is 0 Å².